The van der Waals surface area contributed by atoms with Crippen molar-refractivity contribution in [2.24, 2.45) is 0 Å². The van der Waals surface area contributed by atoms with Crippen molar-refractivity contribution in [2.45, 2.75) is 71.4 Å². The van der Waals surface area contributed by atoms with E-state index in [0.29, 0.717) is 73.6 Å². The topological polar surface area (TPSA) is 141 Å². The third kappa shape index (κ3) is 7.76. The number of ketones is 1. The van der Waals surface area contributed by atoms with E-state index in [1.54, 1.807) is 23.2 Å². The number of imidazole rings is 1. The van der Waals surface area contributed by atoms with Gasteiger partial charge in [0.1, 0.15) is 28.7 Å². The maximum Gasteiger partial charge on any atom is 0.254 e. The van der Waals surface area contributed by atoms with Crippen LogP contribution in [0.3, 0.4) is 0 Å². The van der Waals surface area contributed by atoms with E-state index in [1.165, 1.54) is 12.1 Å². The van der Waals surface area contributed by atoms with Gasteiger partial charge in [0.2, 0.25) is 11.7 Å². The Morgan fingerprint density at radius 3 is 2.40 bits per heavy atom. The zero-order valence-electron chi connectivity index (χ0n) is 31.9. The highest BCUT2D eigenvalue weighted by molar-refractivity contribution is 6.27. The average molecular weight is 781 g/mol. The molecule has 2 fully saturated rings. The summed E-state index contributed by atoms with van der Waals surface area (Å²) < 4.78 is 47.4. The first kappa shape index (κ1) is 38.3. The molecule has 8 rings (SSSR count). The largest absolute Gasteiger partial charge is 0.330 e. The van der Waals surface area contributed by atoms with E-state index in [1.807, 2.05) is 37.5 Å². The van der Waals surface area contributed by atoms with Gasteiger partial charge in [0.25, 0.3) is 5.91 Å². The molecule has 0 aliphatic carbocycles. The zero-order valence-corrected chi connectivity index (χ0v) is 31.9. The van der Waals surface area contributed by atoms with Gasteiger partial charge in [-0.15, -0.1) is 0 Å². The standard InChI is InChI=1S/C41H43F3N10O3/c1-23(2)54-24(3)48-39-32(43)13-26(14-35(39)54)38-33(44)18-47-41(50-38)49-37-7-4-25(16-46-37)19-51-8-10-52(11-9-51)20-28-12-27-21-53(40(57)30(27)15-31(28)42)29-5-6-34(45-17-29)36(56)22-55/h4,7,12-16,18,22-23,29,34,45H,5-6,8-11,17,19-21H2,1-3H3,(H,46,47,49,50). The van der Waals surface area contributed by atoms with Crippen LogP contribution in [0.4, 0.5) is 24.9 Å². The van der Waals surface area contributed by atoms with Crippen molar-refractivity contribution in [3.05, 3.63) is 94.3 Å². The lowest BCUT2D eigenvalue weighted by Crippen LogP contribution is -2.52. The second-order valence-corrected chi connectivity index (χ2v) is 15.3. The number of nitrogens with one attached hydrogen (secondary N) is 2. The normalized spacial score (nSPS) is 19.1. The number of carbonyl (C=O) groups is 3. The summed E-state index contributed by atoms with van der Waals surface area (Å²) in [6, 6.07) is 9.22. The maximum absolute atomic E-state index is 15.3. The molecule has 3 aliphatic heterocycles. The summed E-state index contributed by atoms with van der Waals surface area (Å²) in [5, 5.41) is 6.10. The number of carbonyl (C=O) groups excluding carboxylic acids is 3. The molecule has 3 aliphatic rings. The molecular weight excluding hydrogens is 738 g/mol. The molecule has 0 radical (unpaired) electrons. The minimum absolute atomic E-state index is 0.0267. The number of hydrogen-bond donors (Lipinski definition) is 2. The number of nitrogens with zero attached hydrogens (tertiary/aromatic N) is 8. The Bertz CT molecular complexity index is 2350. The Hall–Kier alpha value is -5.58. The number of piperidine rings is 1. The van der Waals surface area contributed by atoms with E-state index in [2.05, 4.69) is 40.4 Å². The van der Waals surface area contributed by atoms with Crippen molar-refractivity contribution in [1.82, 2.24) is 44.5 Å². The third-order valence-corrected chi connectivity index (χ3v) is 11.2. The quantitative estimate of drug-likeness (QED) is 0.137. The molecule has 57 heavy (non-hydrogen) atoms. The summed E-state index contributed by atoms with van der Waals surface area (Å²) in [6.45, 7) is 10.7. The molecule has 0 spiro atoms. The molecular formula is C41H43F3N10O3. The van der Waals surface area contributed by atoms with Gasteiger partial charge in [0, 0.05) is 87.3 Å². The second-order valence-electron chi connectivity index (χ2n) is 15.3. The molecule has 16 heteroatoms. The van der Waals surface area contributed by atoms with E-state index >= 15 is 13.2 Å². The number of hydrogen-bond acceptors (Lipinski definition) is 11. The maximum atomic E-state index is 15.3. The molecule has 3 aromatic heterocycles. The van der Waals surface area contributed by atoms with Crippen molar-refractivity contribution in [2.75, 3.05) is 38.0 Å². The van der Waals surface area contributed by atoms with E-state index in [0.717, 1.165) is 43.5 Å². The predicted octanol–water partition coefficient (Wildman–Crippen LogP) is 5.10. The van der Waals surface area contributed by atoms with Crippen LogP contribution in [0.5, 0.6) is 0 Å². The monoisotopic (exact) mass is 780 g/mol. The first-order valence-corrected chi connectivity index (χ1v) is 19.2. The fraction of sp³-hybridized carbons (Fsp3) is 0.390. The van der Waals surface area contributed by atoms with Crippen LogP contribution < -0.4 is 10.6 Å². The minimum Gasteiger partial charge on any atom is -0.330 e. The van der Waals surface area contributed by atoms with Crippen LogP contribution in [0.15, 0.2) is 48.8 Å². The molecule has 0 bridgehead atoms. The van der Waals surface area contributed by atoms with E-state index < -0.39 is 29.3 Å². The lowest BCUT2D eigenvalue weighted by Gasteiger charge is -2.34. The predicted molar refractivity (Wildman–Crippen MR) is 206 cm³/mol. The van der Waals surface area contributed by atoms with Crippen molar-refractivity contribution >= 4 is 40.8 Å². The summed E-state index contributed by atoms with van der Waals surface area (Å²) in [5.74, 6) is -1.08. The highest BCUT2D eigenvalue weighted by Crippen LogP contribution is 2.32. The van der Waals surface area contributed by atoms with Gasteiger partial charge in [0.15, 0.2) is 17.9 Å². The molecule has 13 nitrogen and oxygen atoms in total. The Balaban J connectivity index is 0.848. The molecule has 296 valence electrons. The zero-order chi connectivity index (χ0) is 40.0. The summed E-state index contributed by atoms with van der Waals surface area (Å²) in [7, 11) is 0. The average Bonchev–Trinajstić information content (AvgIpc) is 3.72. The number of halogens is 3. The lowest BCUT2D eigenvalue weighted by molar-refractivity contribution is -0.131. The number of pyridine rings is 1. The second kappa shape index (κ2) is 15.8. The molecule has 1 amide bonds. The highest BCUT2D eigenvalue weighted by Gasteiger charge is 2.37. The molecule has 2 saturated heterocycles. The number of piperazine rings is 1. The Kier molecular flexibility index (Phi) is 10.6. The van der Waals surface area contributed by atoms with Crippen molar-refractivity contribution in [1.29, 1.82) is 0 Å². The SMILES string of the molecule is Cc1nc2c(F)cc(-c3nc(Nc4ccc(CN5CCN(Cc6cc7c(cc6F)C(=O)N(C6CCC(C(=O)C=O)NC6)C7)CC5)cn4)ncc3F)cc2n1C(C)C. The number of anilines is 2. The van der Waals surface area contributed by atoms with Gasteiger partial charge in [-0.25, -0.2) is 33.1 Å². The molecule has 0 saturated carbocycles. The van der Waals surface area contributed by atoms with Crippen LogP contribution in [0.2, 0.25) is 0 Å². The molecule has 2 aromatic carbocycles. The number of rotatable bonds is 11. The van der Waals surface area contributed by atoms with Gasteiger partial charge in [0.05, 0.1) is 17.8 Å². The minimum atomic E-state index is -0.684. The summed E-state index contributed by atoms with van der Waals surface area (Å²) in [6.07, 6.45) is 4.20. The molecule has 2 unspecified atom stereocenters. The van der Waals surface area contributed by atoms with Gasteiger partial charge < -0.3 is 20.1 Å². The smallest absolute Gasteiger partial charge is 0.254 e. The van der Waals surface area contributed by atoms with Crippen LogP contribution in [0.1, 0.15) is 65.6 Å². The van der Waals surface area contributed by atoms with E-state index in [9.17, 15) is 14.4 Å². The number of amides is 1. The van der Waals surface area contributed by atoms with Crippen LogP contribution in [-0.2, 0) is 29.2 Å². The molecule has 6 heterocycles. The van der Waals surface area contributed by atoms with Gasteiger partial charge >= 0.3 is 0 Å². The summed E-state index contributed by atoms with van der Waals surface area (Å²) in [5.41, 5.74) is 3.75. The Morgan fingerprint density at radius 1 is 0.947 bits per heavy atom. The number of fused-ring (bicyclic) bond motifs is 2. The van der Waals surface area contributed by atoms with Gasteiger partial charge in [-0.3, -0.25) is 24.2 Å². The Labute approximate surface area is 327 Å². The van der Waals surface area contributed by atoms with Crippen LogP contribution in [-0.4, -0.2) is 102 Å². The number of aryl methyl sites for hydroxylation is 1. The van der Waals surface area contributed by atoms with Gasteiger partial charge in [-0.2, -0.15) is 0 Å². The van der Waals surface area contributed by atoms with Gasteiger partial charge in [-0.05, 0) is 75.1 Å². The number of aldehydes is 1. The first-order valence-electron chi connectivity index (χ1n) is 19.2. The summed E-state index contributed by atoms with van der Waals surface area (Å²) in [4.78, 5) is 59.4. The number of Topliss-reactive ketones (excluding diaryl/α,β-unsaturated/α-hetero) is 1. The fourth-order valence-corrected chi connectivity index (χ4v) is 8.26. The number of aromatic nitrogens is 5. The van der Waals surface area contributed by atoms with Crippen LogP contribution in [0.25, 0.3) is 22.3 Å². The fourth-order valence-electron chi connectivity index (χ4n) is 8.26. The number of benzene rings is 2. The lowest BCUT2D eigenvalue weighted by atomic mass is 9.97. The van der Waals surface area contributed by atoms with Crippen molar-refractivity contribution in [3.63, 3.8) is 0 Å². The van der Waals surface area contributed by atoms with Crippen molar-refractivity contribution < 1.29 is 27.6 Å². The molecule has 2 N–H and O–H groups in total. The van der Waals surface area contributed by atoms with Gasteiger partial charge in [-0.1, -0.05) is 6.07 Å². The highest BCUT2D eigenvalue weighted by atomic mass is 19.1. The molecule has 5 aromatic rings. The Morgan fingerprint density at radius 2 is 1.72 bits per heavy atom. The summed E-state index contributed by atoms with van der Waals surface area (Å²) >= 11 is 0. The van der Waals surface area contributed by atoms with Crippen LogP contribution in [0, 0.1) is 24.4 Å². The molecule has 2 atom stereocenters. The van der Waals surface area contributed by atoms with E-state index in [4.69, 9.17) is 0 Å². The van der Waals surface area contributed by atoms with Crippen molar-refractivity contribution in [3.8, 4) is 11.3 Å². The third-order valence-electron chi connectivity index (χ3n) is 11.2. The van der Waals surface area contributed by atoms with E-state index in [-0.39, 0.29) is 40.7 Å². The van der Waals surface area contributed by atoms with Crippen LogP contribution >= 0.6 is 0 Å². The first-order chi connectivity index (χ1) is 27.4.